The Morgan fingerprint density at radius 2 is 1.45 bits per heavy atom. The molecule has 2 aromatic rings. The zero-order valence-corrected chi connectivity index (χ0v) is 17.9. The van der Waals surface area contributed by atoms with Crippen LogP contribution >= 0.6 is 24.6 Å². The molecular weight excluding hydrogens is 416 g/mol. The minimum absolute atomic E-state index is 0. The lowest BCUT2D eigenvalue weighted by Crippen LogP contribution is -2.51. The first-order valence-corrected chi connectivity index (χ1v) is 9.79. The standard InChI is InChI=1S/C21H25F2N3OS.ClH/c1-24-21(28)26-12-10-25(11-13-26)14-15-27-20(16-2-6-18(22)7-3-16)17-4-8-19(23)9-5-17;/h2-9,20H,10-15H2,1H3,(H,24,28);1H. The maximum atomic E-state index is 13.3. The van der Waals surface area contributed by atoms with Crippen molar-refractivity contribution in [1.82, 2.24) is 15.1 Å². The lowest BCUT2D eigenvalue weighted by Gasteiger charge is -2.36. The van der Waals surface area contributed by atoms with E-state index in [1.165, 1.54) is 24.3 Å². The third-order valence-electron chi connectivity index (χ3n) is 4.91. The Kier molecular flexibility index (Phi) is 9.23. The molecule has 158 valence electrons. The minimum Gasteiger partial charge on any atom is -0.367 e. The van der Waals surface area contributed by atoms with Crippen LogP contribution in [0.3, 0.4) is 0 Å². The Labute approximate surface area is 182 Å². The molecule has 0 aromatic heterocycles. The van der Waals surface area contributed by atoms with Crippen molar-refractivity contribution in [1.29, 1.82) is 0 Å². The summed E-state index contributed by atoms with van der Waals surface area (Å²) in [4.78, 5) is 4.49. The number of piperazine rings is 1. The van der Waals surface area contributed by atoms with Crippen LogP contribution in [-0.4, -0.2) is 61.3 Å². The van der Waals surface area contributed by atoms with Gasteiger partial charge in [-0.3, -0.25) is 4.90 Å². The number of hydrogen-bond donors (Lipinski definition) is 1. The topological polar surface area (TPSA) is 27.7 Å². The first-order valence-electron chi connectivity index (χ1n) is 9.38. The first-order chi connectivity index (χ1) is 13.6. The van der Waals surface area contributed by atoms with Gasteiger partial charge in [-0.1, -0.05) is 24.3 Å². The van der Waals surface area contributed by atoms with Gasteiger partial charge in [-0.25, -0.2) is 8.78 Å². The molecule has 1 saturated heterocycles. The van der Waals surface area contributed by atoms with Crippen LogP contribution < -0.4 is 5.32 Å². The van der Waals surface area contributed by atoms with E-state index in [1.807, 2.05) is 7.05 Å². The number of nitrogens with one attached hydrogen (secondary N) is 1. The Morgan fingerprint density at radius 1 is 0.966 bits per heavy atom. The van der Waals surface area contributed by atoms with Crippen LogP contribution in [0.15, 0.2) is 48.5 Å². The van der Waals surface area contributed by atoms with E-state index < -0.39 is 0 Å². The van der Waals surface area contributed by atoms with Crippen molar-refractivity contribution < 1.29 is 13.5 Å². The summed E-state index contributed by atoms with van der Waals surface area (Å²) in [6.07, 6.45) is -0.362. The smallest absolute Gasteiger partial charge is 0.168 e. The summed E-state index contributed by atoms with van der Waals surface area (Å²) < 4.78 is 32.8. The van der Waals surface area contributed by atoms with E-state index in [2.05, 4.69) is 15.1 Å². The van der Waals surface area contributed by atoms with Gasteiger partial charge in [0.15, 0.2) is 5.11 Å². The quantitative estimate of drug-likeness (QED) is 0.691. The van der Waals surface area contributed by atoms with E-state index in [0.717, 1.165) is 49.0 Å². The highest BCUT2D eigenvalue weighted by Gasteiger charge is 2.20. The molecule has 29 heavy (non-hydrogen) atoms. The van der Waals surface area contributed by atoms with Crippen LogP contribution in [-0.2, 0) is 4.74 Å². The highest BCUT2D eigenvalue weighted by molar-refractivity contribution is 7.80. The fourth-order valence-corrected chi connectivity index (χ4v) is 3.47. The second kappa shape index (κ2) is 11.4. The third kappa shape index (κ3) is 6.60. The van der Waals surface area contributed by atoms with Crippen LogP contribution in [0.25, 0.3) is 0 Å². The van der Waals surface area contributed by atoms with Crippen molar-refractivity contribution in [3.8, 4) is 0 Å². The Bertz CT molecular complexity index is 723. The molecule has 1 N–H and O–H groups in total. The summed E-state index contributed by atoms with van der Waals surface area (Å²) in [5.74, 6) is -0.585. The molecule has 0 aliphatic carbocycles. The molecule has 3 rings (SSSR count). The summed E-state index contributed by atoms with van der Waals surface area (Å²) in [5, 5.41) is 3.79. The molecule has 0 amide bonds. The summed E-state index contributed by atoms with van der Waals surface area (Å²) >= 11 is 5.28. The maximum absolute atomic E-state index is 13.3. The number of hydrogen-bond acceptors (Lipinski definition) is 3. The number of halogens is 3. The van der Waals surface area contributed by atoms with Crippen LogP contribution in [0.4, 0.5) is 8.78 Å². The summed E-state index contributed by atoms with van der Waals surface area (Å²) in [6.45, 7) is 4.93. The number of benzene rings is 2. The van der Waals surface area contributed by atoms with Gasteiger partial charge in [0.25, 0.3) is 0 Å². The molecule has 1 aliphatic heterocycles. The maximum Gasteiger partial charge on any atom is 0.168 e. The van der Waals surface area contributed by atoms with Crippen molar-refractivity contribution in [2.75, 3.05) is 46.4 Å². The molecule has 1 fully saturated rings. The molecular formula is C21H26ClF2N3OS. The average molecular weight is 442 g/mol. The van der Waals surface area contributed by atoms with Crippen LogP contribution in [0.1, 0.15) is 17.2 Å². The molecule has 0 unspecified atom stereocenters. The fourth-order valence-electron chi connectivity index (χ4n) is 3.29. The molecule has 0 bridgehead atoms. The predicted molar refractivity (Wildman–Crippen MR) is 118 cm³/mol. The summed E-state index contributed by atoms with van der Waals surface area (Å²) in [7, 11) is 1.84. The van der Waals surface area contributed by atoms with Gasteiger partial charge in [0, 0.05) is 39.8 Å². The van der Waals surface area contributed by atoms with E-state index in [1.54, 1.807) is 24.3 Å². The van der Waals surface area contributed by atoms with Crippen molar-refractivity contribution in [3.05, 3.63) is 71.3 Å². The normalized spacial score (nSPS) is 14.6. The van der Waals surface area contributed by atoms with Gasteiger partial charge in [-0.05, 0) is 47.6 Å². The number of nitrogens with zero attached hydrogens (tertiary/aromatic N) is 2. The first kappa shape index (κ1) is 23.5. The van der Waals surface area contributed by atoms with Crippen LogP contribution in [0.2, 0.25) is 0 Å². The average Bonchev–Trinajstić information content (AvgIpc) is 2.73. The third-order valence-corrected chi connectivity index (χ3v) is 5.37. The van der Waals surface area contributed by atoms with Crippen molar-refractivity contribution in [2.24, 2.45) is 0 Å². The Hall–Kier alpha value is -1.80. The monoisotopic (exact) mass is 441 g/mol. The highest BCUT2D eigenvalue weighted by atomic mass is 35.5. The number of thiocarbonyl (C=S) groups is 1. The lowest BCUT2D eigenvalue weighted by atomic mass is 10.0. The van der Waals surface area contributed by atoms with Crippen molar-refractivity contribution in [2.45, 2.75) is 6.10 Å². The highest BCUT2D eigenvalue weighted by Crippen LogP contribution is 2.26. The second-order valence-corrected chi connectivity index (χ2v) is 7.12. The summed E-state index contributed by atoms with van der Waals surface area (Å²) in [5.41, 5.74) is 1.69. The molecule has 0 saturated carbocycles. The predicted octanol–water partition coefficient (Wildman–Crippen LogP) is 3.61. The van der Waals surface area contributed by atoms with Crippen molar-refractivity contribution >= 4 is 29.7 Å². The van der Waals surface area contributed by atoms with Gasteiger partial charge in [0.1, 0.15) is 17.7 Å². The van der Waals surface area contributed by atoms with Gasteiger partial charge in [-0.15, -0.1) is 12.4 Å². The zero-order valence-electron chi connectivity index (χ0n) is 16.3. The summed E-state index contributed by atoms with van der Waals surface area (Å²) in [6, 6.07) is 12.5. The van der Waals surface area contributed by atoms with Gasteiger partial charge >= 0.3 is 0 Å². The molecule has 0 spiro atoms. The van der Waals surface area contributed by atoms with Gasteiger partial charge < -0.3 is 15.0 Å². The van der Waals surface area contributed by atoms with Crippen molar-refractivity contribution in [3.63, 3.8) is 0 Å². The SMILES string of the molecule is CNC(=S)N1CCN(CCOC(c2ccc(F)cc2)c2ccc(F)cc2)CC1.Cl. The second-order valence-electron chi connectivity index (χ2n) is 6.74. The molecule has 1 aliphatic rings. The van der Waals surface area contributed by atoms with Gasteiger partial charge in [0.05, 0.1) is 6.61 Å². The minimum atomic E-state index is -0.362. The van der Waals surface area contributed by atoms with Crippen LogP contribution in [0, 0.1) is 11.6 Å². The van der Waals surface area contributed by atoms with E-state index in [4.69, 9.17) is 17.0 Å². The molecule has 0 radical (unpaired) electrons. The van der Waals surface area contributed by atoms with E-state index >= 15 is 0 Å². The molecule has 2 aromatic carbocycles. The van der Waals surface area contributed by atoms with Gasteiger partial charge in [-0.2, -0.15) is 0 Å². The van der Waals surface area contributed by atoms with Gasteiger partial charge in [0.2, 0.25) is 0 Å². The Balaban J connectivity index is 0.00000300. The number of ether oxygens (including phenoxy) is 1. The largest absolute Gasteiger partial charge is 0.367 e. The Morgan fingerprint density at radius 3 is 1.90 bits per heavy atom. The van der Waals surface area contributed by atoms with Crippen LogP contribution in [0.5, 0.6) is 0 Å². The molecule has 4 nitrogen and oxygen atoms in total. The zero-order chi connectivity index (χ0) is 19.9. The molecule has 8 heteroatoms. The molecule has 1 heterocycles. The number of rotatable bonds is 6. The van der Waals surface area contributed by atoms with E-state index in [0.29, 0.717) is 6.61 Å². The van der Waals surface area contributed by atoms with E-state index in [-0.39, 0.29) is 30.1 Å². The lowest BCUT2D eigenvalue weighted by molar-refractivity contribution is 0.0517. The molecule has 0 atom stereocenters. The fraction of sp³-hybridized carbons (Fsp3) is 0.381. The van der Waals surface area contributed by atoms with E-state index in [9.17, 15) is 8.78 Å².